The van der Waals surface area contributed by atoms with Crippen LogP contribution in [0.15, 0.2) is 35.3 Å². The van der Waals surface area contributed by atoms with Crippen LogP contribution < -0.4 is 0 Å². The maximum Gasteiger partial charge on any atom is 0.158 e. The van der Waals surface area contributed by atoms with Crippen molar-refractivity contribution in [3.05, 3.63) is 52.4 Å². The van der Waals surface area contributed by atoms with Gasteiger partial charge in [0, 0.05) is 44.1 Å². The van der Waals surface area contributed by atoms with Gasteiger partial charge in [-0.1, -0.05) is 0 Å². The SMILES string of the molecule is Cc1cc(-c2nccn2C)nc([C@@H]2CCN(Cc3ccsc3)C2)n1. The van der Waals surface area contributed by atoms with Crippen molar-refractivity contribution in [2.24, 2.45) is 7.05 Å². The van der Waals surface area contributed by atoms with Crippen molar-refractivity contribution >= 4 is 11.3 Å². The van der Waals surface area contributed by atoms with Crippen LogP contribution in [0, 0.1) is 6.92 Å². The molecule has 0 aliphatic carbocycles. The Hall–Kier alpha value is -2.05. The Morgan fingerprint density at radius 1 is 1.33 bits per heavy atom. The van der Waals surface area contributed by atoms with Gasteiger partial charge in [-0.25, -0.2) is 15.0 Å². The lowest BCUT2D eigenvalue weighted by atomic mass is 10.1. The molecule has 5 nitrogen and oxygen atoms in total. The van der Waals surface area contributed by atoms with Gasteiger partial charge in [0.25, 0.3) is 0 Å². The summed E-state index contributed by atoms with van der Waals surface area (Å²) in [4.78, 5) is 16.5. The van der Waals surface area contributed by atoms with E-state index in [9.17, 15) is 0 Å². The second kappa shape index (κ2) is 6.45. The Balaban J connectivity index is 1.54. The molecule has 0 aromatic carbocycles. The number of aryl methyl sites for hydroxylation is 2. The van der Waals surface area contributed by atoms with E-state index >= 15 is 0 Å². The molecule has 3 aromatic rings. The molecule has 0 radical (unpaired) electrons. The number of hydrogen-bond donors (Lipinski definition) is 0. The lowest BCUT2D eigenvalue weighted by Gasteiger charge is -2.15. The average molecular weight is 339 g/mol. The molecule has 0 saturated carbocycles. The van der Waals surface area contributed by atoms with Crippen molar-refractivity contribution in [1.29, 1.82) is 0 Å². The van der Waals surface area contributed by atoms with Gasteiger partial charge in [0.1, 0.15) is 11.5 Å². The molecule has 0 spiro atoms. The Morgan fingerprint density at radius 3 is 3.00 bits per heavy atom. The first kappa shape index (κ1) is 15.5. The van der Waals surface area contributed by atoms with E-state index in [1.54, 1.807) is 11.3 Å². The van der Waals surface area contributed by atoms with E-state index in [1.807, 2.05) is 37.0 Å². The van der Waals surface area contributed by atoms with Crippen molar-refractivity contribution < 1.29 is 0 Å². The molecule has 6 heteroatoms. The molecule has 4 heterocycles. The lowest BCUT2D eigenvalue weighted by Crippen LogP contribution is -2.20. The second-order valence-electron chi connectivity index (χ2n) is 6.47. The molecular formula is C18H21N5S. The molecule has 4 rings (SSSR count). The van der Waals surface area contributed by atoms with E-state index in [1.165, 1.54) is 5.56 Å². The van der Waals surface area contributed by atoms with Gasteiger partial charge >= 0.3 is 0 Å². The number of nitrogens with zero attached hydrogens (tertiary/aromatic N) is 5. The smallest absolute Gasteiger partial charge is 0.158 e. The third-order valence-corrected chi connectivity index (χ3v) is 5.28. The van der Waals surface area contributed by atoms with Gasteiger partial charge < -0.3 is 4.57 Å². The molecule has 1 atom stereocenters. The van der Waals surface area contributed by atoms with E-state index in [4.69, 9.17) is 9.97 Å². The molecule has 1 aliphatic rings. The molecule has 24 heavy (non-hydrogen) atoms. The minimum atomic E-state index is 0.405. The summed E-state index contributed by atoms with van der Waals surface area (Å²) in [5.74, 6) is 2.26. The van der Waals surface area contributed by atoms with Crippen molar-refractivity contribution in [3.8, 4) is 11.5 Å². The largest absolute Gasteiger partial charge is 0.333 e. The molecule has 1 saturated heterocycles. The first-order valence-electron chi connectivity index (χ1n) is 8.26. The number of likely N-dealkylation sites (tertiary alicyclic amines) is 1. The molecular weight excluding hydrogens is 318 g/mol. The van der Waals surface area contributed by atoms with Crippen LogP contribution in [-0.2, 0) is 13.6 Å². The number of rotatable bonds is 4. The fraction of sp³-hybridized carbons (Fsp3) is 0.389. The summed E-state index contributed by atoms with van der Waals surface area (Å²) in [5, 5.41) is 4.38. The number of hydrogen-bond acceptors (Lipinski definition) is 5. The maximum absolute atomic E-state index is 4.83. The van der Waals surface area contributed by atoms with Crippen molar-refractivity contribution in [2.75, 3.05) is 13.1 Å². The number of thiophene rings is 1. The second-order valence-corrected chi connectivity index (χ2v) is 7.25. The van der Waals surface area contributed by atoms with Crippen LogP contribution in [0.25, 0.3) is 11.5 Å². The fourth-order valence-electron chi connectivity index (χ4n) is 3.33. The summed E-state index contributed by atoms with van der Waals surface area (Å²) >= 11 is 1.76. The van der Waals surface area contributed by atoms with Crippen LogP contribution >= 0.6 is 11.3 Å². The minimum Gasteiger partial charge on any atom is -0.333 e. The lowest BCUT2D eigenvalue weighted by molar-refractivity contribution is 0.326. The van der Waals surface area contributed by atoms with Crippen LogP contribution in [0.1, 0.15) is 29.4 Å². The molecule has 3 aromatic heterocycles. The average Bonchev–Trinajstić information content (AvgIpc) is 3.29. The Morgan fingerprint density at radius 2 is 2.25 bits per heavy atom. The quantitative estimate of drug-likeness (QED) is 0.732. The minimum absolute atomic E-state index is 0.405. The molecule has 0 unspecified atom stereocenters. The van der Waals surface area contributed by atoms with Crippen molar-refractivity contribution in [3.63, 3.8) is 0 Å². The Labute approximate surface area is 146 Å². The Bertz CT molecular complexity index is 824. The van der Waals surface area contributed by atoms with Crippen LogP contribution in [0.5, 0.6) is 0 Å². The summed E-state index contributed by atoms with van der Waals surface area (Å²) in [6.45, 7) is 5.20. The molecule has 0 amide bonds. The van der Waals surface area contributed by atoms with E-state index in [0.29, 0.717) is 5.92 Å². The van der Waals surface area contributed by atoms with Gasteiger partial charge in [0.15, 0.2) is 5.82 Å². The maximum atomic E-state index is 4.83. The highest BCUT2D eigenvalue weighted by molar-refractivity contribution is 7.07. The summed E-state index contributed by atoms with van der Waals surface area (Å²) < 4.78 is 2.00. The van der Waals surface area contributed by atoms with Crippen LogP contribution in [-0.4, -0.2) is 37.5 Å². The van der Waals surface area contributed by atoms with Gasteiger partial charge in [-0.15, -0.1) is 0 Å². The van der Waals surface area contributed by atoms with Crippen LogP contribution in [0.4, 0.5) is 0 Å². The summed E-state index contributed by atoms with van der Waals surface area (Å²) in [6.07, 6.45) is 4.88. The zero-order valence-electron chi connectivity index (χ0n) is 14.0. The first-order valence-corrected chi connectivity index (χ1v) is 9.20. The van der Waals surface area contributed by atoms with Crippen molar-refractivity contribution in [2.45, 2.75) is 25.8 Å². The zero-order chi connectivity index (χ0) is 16.5. The highest BCUT2D eigenvalue weighted by Crippen LogP contribution is 2.28. The topological polar surface area (TPSA) is 46.8 Å². The van der Waals surface area contributed by atoms with E-state index in [0.717, 1.165) is 49.1 Å². The van der Waals surface area contributed by atoms with Gasteiger partial charge in [-0.2, -0.15) is 11.3 Å². The zero-order valence-corrected chi connectivity index (χ0v) is 14.8. The van der Waals surface area contributed by atoms with Crippen LogP contribution in [0.3, 0.4) is 0 Å². The van der Waals surface area contributed by atoms with Crippen LogP contribution in [0.2, 0.25) is 0 Å². The third-order valence-electron chi connectivity index (χ3n) is 4.55. The molecule has 124 valence electrons. The standard InChI is InChI=1S/C18H21N5S/c1-13-9-16(18-19-5-7-22(18)2)21-17(20-13)15-3-6-23(11-15)10-14-4-8-24-12-14/h4-5,7-9,12,15H,3,6,10-11H2,1-2H3/t15-/m1/s1. The van der Waals surface area contributed by atoms with E-state index in [-0.39, 0.29) is 0 Å². The van der Waals surface area contributed by atoms with Gasteiger partial charge in [-0.05, 0) is 48.3 Å². The third kappa shape index (κ3) is 3.12. The predicted octanol–water partition coefficient (Wildman–Crippen LogP) is 3.24. The summed E-state index contributed by atoms with van der Waals surface area (Å²) in [7, 11) is 2.00. The first-order chi connectivity index (χ1) is 11.7. The molecule has 0 N–H and O–H groups in total. The summed E-state index contributed by atoms with van der Waals surface area (Å²) in [6, 6.07) is 4.23. The highest BCUT2D eigenvalue weighted by Gasteiger charge is 2.26. The fourth-order valence-corrected chi connectivity index (χ4v) is 3.99. The van der Waals surface area contributed by atoms with Crippen molar-refractivity contribution in [1.82, 2.24) is 24.4 Å². The van der Waals surface area contributed by atoms with Gasteiger partial charge in [0.05, 0.1) is 0 Å². The number of aromatic nitrogens is 4. The molecule has 1 fully saturated rings. The highest BCUT2D eigenvalue weighted by atomic mass is 32.1. The monoisotopic (exact) mass is 339 g/mol. The van der Waals surface area contributed by atoms with Gasteiger partial charge in [0.2, 0.25) is 0 Å². The van der Waals surface area contributed by atoms with E-state index < -0.39 is 0 Å². The number of imidazole rings is 1. The Kier molecular flexibility index (Phi) is 4.16. The molecule has 1 aliphatic heterocycles. The normalized spacial score (nSPS) is 18.3. The predicted molar refractivity (Wildman–Crippen MR) is 95.9 cm³/mol. The molecule has 0 bridgehead atoms. The summed E-state index contributed by atoms with van der Waals surface area (Å²) in [5.41, 5.74) is 3.33. The van der Waals surface area contributed by atoms with Gasteiger partial charge in [-0.3, -0.25) is 4.90 Å². The van der Waals surface area contributed by atoms with E-state index in [2.05, 4.69) is 26.7 Å².